The van der Waals surface area contributed by atoms with E-state index in [0.717, 1.165) is 17.1 Å². The maximum atomic E-state index is 12.1. The number of nitrogens with one attached hydrogen (secondary N) is 2. The smallest absolute Gasteiger partial charge is 0.275 e. The highest BCUT2D eigenvalue weighted by molar-refractivity contribution is 6.02. The molecule has 0 spiro atoms. The quantitative estimate of drug-likeness (QED) is 0.769. The van der Waals surface area contributed by atoms with Crippen molar-refractivity contribution in [2.24, 2.45) is 0 Å². The lowest BCUT2D eigenvalue weighted by Gasteiger charge is -2.08. The lowest BCUT2D eigenvalue weighted by molar-refractivity contribution is 0.102. The number of rotatable bonds is 4. The van der Waals surface area contributed by atoms with E-state index in [1.54, 1.807) is 6.20 Å². The fourth-order valence-corrected chi connectivity index (χ4v) is 2.03. The van der Waals surface area contributed by atoms with Crippen LogP contribution >= 0.6 is 0 Å². The van der Waals surface area contributed by atoms with Gasteiger partial charge in [-0.05, 0) is 43.3 Å². The summed E-state index contributed by atoms with van der Waals surface area (Å²) in [4.78, 5) is 20.2. The molecule has 0 fully saturated rings. The van der Waals surface area contributed by atoms with Gasteiger partial charge in [0.05, 0.1) is 11.9 Å². The van der Waals surface area contributed by atoms with Crippen molar-refractivity contribution in [3.05, 3.63) is 78.4 Å². The minimum absolute atomic E-state index is 0.277. The Morgan fingerprint density at radius 3 is 2.13 bits per heavy atom. The van der Waals surface area contributed by atoms with Gasteiger partial charge < -0.3 is 10.6 Å². The highest BCUT2D eigenvalue weighted by Crippen LogP contribution is 2.18. The Labute approximate surface area is 134 Å². The second-order valence-corrected chi connectivity index (χ2v) is 5.07. The van der Waals surface area contributed by atoms with Gasteiger partial charge in [-0.3, -0.25) is 9.78 Å². The number of nitrogens with zero attached hydrogens (tertiary/aromatic N) is 2. The molecule has 23 heavy (non-hydrogen) atoms. The number of hydrogen-bond acceptors (Lipinski definition) is 4. The molecule has 0 bridgehead atoms. The summed E-state index contributed by atoms with van der Waals surface area (Å²) in [5.41, 5.74) is 3.74. The summed E-state index contributed by atoms with van der Waals surface area (Å²) in [5.74, 6) is -0.277. The summed E-state index contributed by atoms with van der Waals surface area (Å²) in [7, 11) is 0. The van der Waals surface area contributed by atoms with Crippen molar-refractivity contribution < 1.29 is 4.79 Å². The maximum Gasteiger partial charge on any atom is 0.275 e. The van der Waals surface area contributed by atoms with Gasteiger partial charge in [-0.15, -0.1) is 0 Å². The zero-order valence-corrected chi connectivity index (χ0v) is 12.7. The Balaban J connectivity index is 1.65. The van der Waals surface area contributed by atoms with Gasteiger partial charge in [0.25, 0.3) is 5.91 Å². The van der Waals surface area contributed by atoms with Crippen LogP contribution in [-0.4, -0.2) is 15.9 Å². The first-order valence-electron chi connectivity index (χ1n) is 7.23. The van der Waals surface area contributed by atoms with Crippen LogP contribution in [0.4, 0.5) is 17.1 Å². The van der Waals surface area contributed by atoms with Crippen LogP contribution in [0.3, 0.4) is 0 Å². The predicted octanol–water partition coefficient (Wildman–Crippen LogP) is 3.78. The molecular formula is C18H16N4O. The number of amides is 1. The fraction of sp³-hybridized carbons (Fsp3) is 0.0556. The van der Waals surface area contributed by atoms with Crippen LogP contribution in [0.5, 0.6) is 0 Å². The molecule has 0 radical (unpaired) electrons. The summed E-state index contributed by atoms with van der Waals surface area (Å²) in [5, 5.41) is 6.09. The number of hydrogen-bond donors (Lipinski definition) is 2. The lowest BCUT2D eigenvalue weighted by Crippen LogP contribution is -2.14. The van der Waals surface area contributed by atoms with Gasteiger partial charge in [0.2, 0.25) is 0 Å². The third-order valence-corrected chi connectivity index (χ3v) is 3.22. The monoisotopic (exact) mass is 304 g/mol. The van der Waals surface area contributed by atoms with E-state index in [9.17, 15) is 4.79 Å². The van der Waals surface area contributed by atoms with Crippen LogP contribution in [0.1, 0.15) is 16.2 Å². The number of aryl methyl sites for hydroxylation is 1. The van der Waals surface area contributed by atoms with Crippen LogP contribution in [0.25, 0.3) is 0 Å². The first kappa shape index (κ1) is 14.7. The van der Waals surface area contributed by atoms with Gasteiger partial charge in [-0.2, -0.15) is 0 Å². The number of carbonyl (C=O) groups is 1. The highest BCUT2D eigenvalue weighted by atomic mass is 16.1. The first-order valence-corrected chi connectivity index (χ1v) is 7.23. The SMILES string of the molecule is Cc1cnc(C(=O)Nc2ccc(Nc3ccccc3)cc2)cn1. The van der Waals surface area contributed by atoms with Crippen molar-refractivity contribution in [1.82, 2.24) is 9.97 Å². The van der Waals surface area contributed by atoms with E-state index in [-0.39, 0.29) is 5.91 Å². The Morgan fingerprint density at radius 1 is 0.826 bits per heavy atom. The van der Waals surface area contributed by atoms with E-state index >= 15 is 0 Å². The molecule has 1 aromatic heterocycles. The fourth-order valence-electron chi connectivity index (χ4n) is 2.03. The molecule has 3 rings (SSSR count). The van der Waals surface area contributed by atoms with E-state index in [4.69, 9.17) is 0 Å². The Kier molecular flexibility index (Phi) is 4.29. The van der Waals surface area contributed by atoms with E-state index in [2.05, 4.69) is 20.6 Å². The average Bonchev–Trinajstić information content (AvgIpc) is 2.58. The number of para-hydroxylation sites is 1. The molecule has 2 N–H and O–H groups in total. The van der Waals surface area contributed by atoms with E-state index in [1.807, 2.05) is 61.5 Å². The molecule has 0 aliphatic heterocycles. The summed E-state index contributed by atoms with van der Waals surface area (Å²) in [6.45, 7) is 1.83. The second-order valence-electron chi connectivity index (χ2n) is 5.07. The Bertz CT molecular complexity index is 784. The molecule has 3 aromatic rings. The van der Waals surface area contributed by atoms with Crippen molar-refractivity contribution in [3.63, 3.8) is 0 Å². The van der Waals surface area contributed by atoms with Crippen molar-refractivity contribution in [2.45, 2.75) is 6.92 Å². The third kappa shape index (κ3) is 3.91. The largest absolute Gasteiger partial charge is 0.356 e. The van der Waals surface area contributed by atoms with E-state index in [1.165, 1.54) is 6.20 Å². The molecule has 5 heteroatoms. The first-order chi connectivity index (χ1) is 11.2. The molecule has 1 heterocycles. The molecule has 1 amide bonds. The van der Waals surface area contributed by atoms with Gasteiger partial charge >= 0.3 is 0 Å². The second kappa shape index (κ2) is 6.70. The molecular weight excluding hydrogens is 288 g/mol. The summed E-state index contributed by atoms with van der Waals surface area (Å²) in [6.07, 6.45) is 3.04. The van der Waals surface area contributed by atoms with Gasteiger partial charge in [0, 0.05) is 23.3 Å². The van der Waals surface area contributed by atoms with E-state index in [0.29, 0.717) is 11.4 Å². The topological polar surface area (TPSA) is 66.9 Å². The Hall–Kier alpha value is -3.21. The zero-order chi connectivity index (χ0) is 16.1. The molecule has 2 aromatic carbocycles. The number of anilines is 3. The van der Waals surface area contributed by atoms with Gasteiger partial charge in [-0.1, -0.05) is 18.2 Å². The van der Waals surface area contributed by atoms with E-state index < -0.39 is 0 Å². The van der Waals surface area contributed by atoms with Crippen LogP contribution in [-0.2, 0) is 0 Å². The molecule has 0 aliphatic carbocycles. The van der Waals surface area contributed by atoms with Crippen LogP contribution in [0, 0.1) is 6.92 Å². The summed E-state index contributed by atoms with van der Waals surface area (Å²) in [6, 6.07) is 17.4. The normalized spacial score (nSPS) is 10.1. The molecule has 5 nitrogen and oxygen atoms in total. The summed E-state index contributed by atoms with van der Waals surface area (Å²) < 4.78 is 0. The van der Waals surface area contributed by atoms with Crippen LogP contribution in [0.2, 0.25) is 0 Å². The molecule has 0 aliphatic rings. The average molecular weight is 304 g/mol. The minimum atomic E-state index is -0.277. The molecule has 0 atom stereocenters. The number of benzene rings is 2. The van der Waals surface area contributed by atoms with Crippen molar-refractivity contribution >= 4 is 23.0 Å². The van der Waals surface area contributed by atoms with Crippen molar-refractivity contribution in [1.29, 1.82) is 0 Å². The number of aromatic nitrogens is 2. The lowest BCUT2D eigenvalue weighted by atomic mass is 10.2. The van der Waals surface area contributed by atoms with Crippen LogP contribution < -0.4 is 10.6 Å². The molecule has 0 saturated carbocycles. The Morgan fingerprint density at radius 2 is 1.48 bits per heavy atom. The van der Waals surface area contributed by atoms with Gasteiger partial charge in [-0.25, -0.2) is 4.98 Å². The maximum absolute atomic E-state index is 12.1. The standard InChI is InChI=1S/C18H16N4O/c1-13-11-20-17(12-19-13)18(23)22-16-9-7-15(8-10-16)21-14-5-3-2-4-6-14/h2-12,21H,1H3,(H,22,23). The predicted molar refractivity (Wildman–Crippen MR) is 90.9 cm³/mol. The molecule has 0 saturated heterocycles. The highest BCUT2D eigenvalue weighted by Gasteiger charge is 2.07. The summed E-state index contributed by atoms with van der Waals surface area (Å²) >= 11 is 0. The molecule has 114 valence electrons. The number of carbonyl (C=O) groups excluding carboxylic acids is 1. The van der Waals surface area contributed by atoms with Crippen molar-refractivity contribution in [2.75, 3.05) is 10.6 Å². The third-order valence-electron chi connectivity index (χ3n) is 3.22. The minimum Gasteiger partial charge on any atom is -0.356 e. The van der Waals surface area contributed by atoms with Crippen molar-refractivity contribution in [3.8, 4) is 0 Å². The molecule has 0 unspecified atom stereocenters. The van der Waals surface area contributed by atoms with Gasteiger partial charge in [0.15, 0.2) is 0 Å². The zero-order valence-electron chi connectivity index (χ0n) is 12.7. The van der Waals surface area contributed by atoms with Crippen LogP contribution in [0.15, 0.2) is 67.0 Å². The van der Waals surface area contributed by atoms with Gasteiger partial charge in [0.1, 0.15) is 5.69 Å².